The van der Waals surface area contributed by atoms with Gasteiger partial charge in [-0.05, 0) is 6.07 Å². The quantitative estimate of drug-likeness (QED) is 0.727. The highest BCUT2D eigenvalue weighted by Gasteiger charge is 2.31. The summed E-state index contributed by atoms with van der Waals surface area (Å²) >= 11 is 0. The fourth-order valence-corrected chi connectivity index (χ4v) is 1.25. The normalized spacial score (nSPS) is 12.3. The molecule has 0 saturated heterocycles. The van der Waals surface area contributed by atoms with Gasteiger partial charge in [-0.1, -0.05) is 0 Å². The minimum atomic E-state index is -4.41. The Morgan fingerprint density at radius 2 is 2.07 bits per heavy atom. The summed E-state index contributed by atoms with van der Waals surface area (Å²) in [5, 5.41) is 0. The number of nitrogens with two attached hydrogens (primary N) is 1. The van der Waals surface area contributed by atoms with E-state index in [1.807, 2.05) is 0 Å². The number of nitrogen functional groups attached to an aromatic ring is 1. The van der Waals surface area contributed by atoms with Crippen LogP contribution in [0.5, 0.6) is 0 Å². The van der Waals surface area contributed by atoms with E-state index in [4.69, 9.17) is 5.73 Å². The van der Waals surface area contributed by atoms with Crippen molar-refractivity contribution in [1.82, 2.24) is 14.5 Å². The van der Waals surface area contributed by atoms with Crippen molar-refractivity contribution in [3.63, 3.8) is 0 Å². The average molecular weight is 216 g/mol. The van der Waals surface area contributed by atoms with Crippen LogP contribution >= 0.6 is 0 Å². The van der Waals surface area contributed by atoms with Gasteiger partial charge < -0.3 is 5.73 Å². The summed E-state index contributed by atoms with van der Waals surface area (Å²) in [6.07, 6.45) is -3.64. The molecule has 0 atom stereocenters. The molecule has 0 spiro atoms. The van der Waals surface area contributed by atoms with Gasteiger partial charge in [-0.25, -0.2) is 9.97 Å². The van der Waals surface area contributed by atoms with E-state index in [-0.39, 0.29) is 11.5 Å². The number of rotatable bonds is 0. The third-order valence-electron chi connectivity index (χ3n) is 2.07. The highest BCUT2D eigenvalue weighted by molar-refractivity contribution is 5.74. The van der Waals surface area contributed by atoms with Crippen molar-refractivity contribution in [2.45, 2.75) is 6.18 Å². The molecule has 7 heteroatoms. The highest BCUT2D eigenvalue weighted by Crippen LogP contribution is 2.30. The minimum absolute atomic E-state index is 0.136. The third kappa shape index (κ3) is 1.49. The number of hydrogen-bond donors (Lipinski definition) is 1. The Labute approximate surface area is 82.5 Å². The van der Waals surface area contributed by atoms with Gasteiger partial charge in [0.2, 0.25) is 5.95 Å². The topological polar surface area (TPSA) is 56.7 Å². The Morgan fingerprint density at radius 3 is 2.67 bits per heavy atom. The molecule has 2 aromatic rings. The molecule has 0 fully saturated rings. The molecule has 0 bridgehead atoms. The second kappa shape index (κ2) is 2.85. The van der Waals surface area contributed by atoms with Crippen molar-refractivity contribution in [2.24, 2.45) is 7.05 Å². The number of pyridine rings is 1. The first-order valence-corrected chi connectivity index (χ1v) is 4.05. The molecule has 0 saturated carbocycles. The molecule has 0 aliphatic carbocycles. The first-order chi connectivity index (χ1) is 6.89. The number of nitrogens with zero attached hydrogens (tertiary/aromatic N) is 3. The molecule has 0 aliphatic heterocycles. The van der Waals surface area contributed by atoms with Crippen LogP contribution in [0.2, 0.25) is 0 Å². The maximum Gasteiger partial charge on any atom is 0.417 e. The Morgan fingerprint density at radius 1 is 1.40 bits per heavy atom. The number of anilines is 1. The predicted octanol–water partition coefficient (Wildman–Crippen LogP) is 1.57. The zero-order valence-electron chi connectivity index (χ0n) is 7.71. The summed E-state index contributed by atoms with van der Waals surface area (Å²) in [6.45, 7) is 0. The van der Waals surface area contributed by atoms with Crippen LogP contribution in [0, 0.1) is 0 Å². The van der Waals surface area contributed by atoms with Gasteiger partial charge in [-0.15, -0.1) is 0 Å². The fraction of sp³-hybridized carbons (Fsp3) is 0.250. The lowest BCUT2D eigenvalue weighted by Gasteiger charge is -2.04. The molecule has 2 heterocycles. The van der Waals surface area contributed by atoms with Crippen molar-refractivity contribution in [1.29, 1.82) is 0 Å². The van der Waals surface area contributed by atoms with Crippen LogP contribution in [-0.4, -0.2) is 14.5 Å². The van der Waals surface area contributed by atoms with E-state index in [0.717, 1.165) is 12.3 Å². The van der Waals surface area contributed by atoms with Gasteiger partial charge in [0, 0.05) is 13.2 Å². The van der Waals surface area contributed by atoms with E-state index in [1.165, 1.54) is 4.57 Å². The lowest BCUT2D eigenvalue weighted by atomic mass is 10.2. The smallest absolute Gasteiger partial charge is 0.369 e. The number of halogens is 3. The number of alkyl halides is 3. The van der Waals surface area contributed by atoms with E-state index < -0.39 is 11.7 Å². The Bertz CT molecular complexity index is 514. The lowest BCUT2D eigenvalue weighted by molar-refractivity contribution is -0.137. The van der Waals surface area contributed by atoms with Crippen molar-refractivity contribution >= 4 is 17.1 Å². The van der Waals surface area contributed by atoms with E-state index in [0.29, 0.717) is 5.65 Å². The van der Waals surface area contributed by atoms with Crippen LogP contribution in [0.15, 0.2) is 12.3 Å². The summed E-state index contributed by atoms with van der Waals surface area (Å²) in [4.78, 5) is 7.43. The maximum atomic E-state index is 12.3. The van der Waals surface area contributed by atoms with Crippen LogP contribution in [-0.2, 0) is 13.2 Å². The zero-order chi connectivity index (χ0) is 11.2. The molecule has 0 radical (unpaired) electrons. The molecule has 0 aliphatic rings. The van der Waals surface area contributed by atoms with Gasteiger partial charge in [-0.3, -0.25) is 4.57 Å². The summed E-state index contributed by atoms with van der Waals surface area (Å²) in [7, 11) is 1.59. The van der Waals surface area contributed by atoms with Crippen LogP contribution in [0.25, 0.3) is 11.2 Å². The molecular weight excluding hydrogens is 209 g/mol. The van der Waals surface area contributed by atoms with Crippen LogP contribution < -0.4 is 5.73 Å². The average Bonchev–Trinajstić information content (AvgIpc) is 2.41. The van der Waals surface area contributed by atoms with Crippen LogP contribution in [0.3, 0.4) is 0 Å². The lowest BCUT2D eigenvalue weighted by Crippen LogP contribution is -2.05. The second-order valence-corrected chi connectivity index (χ2v) is 3.09. The summed E-state index contributed by atoms with van der Waals surface area (Å²) in [5.74, 6) is 0.136. The summed E-state index contributed by atoms with van der Waals surface area (Å²) in [5.41, 5.74) is 5.09. The maximum absolute atomic E-state index is 12.3. The minimum Gasteiger partial charge on any atom is -0.369 e. The molecule has 0 unspecified atom stereocenters. The third-order valence-corrected chi connectivity index (χ3v) is 2.07. The Hall–Kier alpha value is -1.79. The van der Waals surface area contributed by atoms with Crippen molar-refractivity contribution in [3.8, 4) is 0 Å². The molecule has 2 rings (SSSR count). The van der Waals surface area contributed by atoms with Crippen molar-refractivity contribution in [3.05, 3.63) is 17.8 Å². The number of aryl methyl sites for hydroxylation is 1. The first kappa shape index (κ1) is 9.75. The van der Waals surface area contributed by atoms with Gasteiger partial charge in [0.15, 0.2) is 5.65 Å². The molecule has 80 valence electrons. The monoisotopic (exact) mass is 216 g/mol. The summed E-state index contributed by atoms with van der Waals surface area (Å²) in [6, 6.07) is 0.929. The van der Waals surface area contributed by atoms with Crippen LogP contribution in [0.4, 0.5) is 19.1 Å². The number of fused-ring (bicyclic) bond motifs is 1. The molecule has 15 heavy (non-hydrogen) atoms. The van der Waals surface area contributed by atoms with Crippen molar-refractivity contribution < 1.29 is 13.2 Å². The van der Waals surface area contributed by atoms with E-state index in [1.54, 1.807) is 7.05 Å². The number of imidazole rings is 1. The Kier molecular flexibility index (Phi) is 1.85. The number of aromatic nitrogens is 3. The van der Waals surface area contributed by atoms with Gasteiger partial charge in [0.25, 0.3) is 0 Å². The molecule has 0 aromatic carbocycles. The van der Waals surface area contributed by atoms with Crippen LogP contribution in [0.1, 0.15) is 5.56 Å². The molecular formula is C8H7F3N4. The van der Waals surface area contributed by atoms with Gasteiger partial charge in [0.1, 0.15) is 5.52 Å². The standard InChI is InChI=1S/C8H7F3N4/c1-15-6-5(14-7(15)12)2-4(3-13-6)8(9,10)11/h2-3H,1H3,(H2,12,14). The molecule has 0 amide bonds. The first-order valence-electron chi connectivity index (χ1n) is 4.05. The Balaban J connectivity index is 2.67. The zero-order valence-corrected chi connectivity index (χ0v) is 7.71. The van der Waals surface area contributed by atoms with Gasteiger partial charge in [0.05, 0.1) is 5.56 Å². The molecule has 4 nitrogen and oxygen atoms in total. The SMILES string of the molecule is Cn1c(N)nc2cc(C(F)(F)F)cnc21. The van der Waals surface area contributed by atoms with Gasteiger partial charge >= 0.3 is 6.18 Å². The van der Waals surface area contributed by atoms with Gasteiger partial charge in [-0.2, -0.15) is 13.2 Å². The number of hydrogen-bond acceptors (Lipinski definition) is 3. The largest absolute Gasteiger partial charge is 0.417 e. The second-order valence-electron chi connectivity index (χ2n) is 3.09. The summed E-state index contributed by atoms with van der Waals surface area (Å²) < 4.78 is 38.4. The van der Waals surface area contributed by atoms with E-state index >= 15 is 0 Å². The van der Waals surface area contributed by atoms with Crippen molar-refractivity contribution in [2.75, 3.05) is 5.73 Å². The molecule has 2 N–H and O–H groups in total. The van der Waals surface area contributed by atoms with E-state index in [9.17, 15) is 13.2 Å². The predicted molar refractivity (Wildman–Crippen MR) is 47.9 cm³/mol. The highest BCUT2D eigenvalue weighted by atomic mass is 19.4. The molecule has 2 aromatic heterocycles. The fourth-order valence-electron chi connectivity index (χ4n) is 1.25. The van der Waals surface area contributed by atoms with E-state index in [2.05, 4.69) is 9.97 Å².